The Labute approximate surface area is 132 Å². The lowest BCUT2D eigenvalue weighted by molar-refractivity contribution is -0.385. The summed E-state index contributed by atoms with van der Waals surface area (Å²) in [6.07, 6.45) is 0. The predicted octanol–water partition coefficient (Wildman–Crippen LogP) is 2.35. The van der Waals surface area contributed by atoms with Gasteiger partial charge in [0.1, 0.15) is 10.5 Å². The minimum absolute atomic E-state index is 0.0632. The van der Waals surface area contributed by atoms with Crippen molar-refractivity contribution in [3.63, 3.8) is 0 Å². The van der Waals surface area contributed by atoms with Gasteiger partial charge in [0.05, 0.1) is 15.9 Å². The molecule has 0 aliphatic carbocycles. The number of nitrogens with zero attached hydrogens (tertiary/aromatic N) is 2. The third-order valence-electron chi connectivity index (χ3n) is 3.15. The van der Waals surface area contributed by atoms with Crippen LogP contribution >= 0.6 is 27.7 Å². The number of carboxylic acid groups (broad SMARTS) is 1. The Balaban J connectivity index is 2.42. The van der Waals surface area contributed by atoms with Crippen molar-refractivity contribution in [2.75, 3.05) is 5.75 Å². The number of amides is 1. The lowest BCUT2D eigenvalue weighted by Gasteiger charge is -2.25. The molecule has 21 heavy (non-hydrogen) atoms. The van der Waals surface area contributed by atoms with Crippen molar-refractivity contribution >= 4 is 45.3 Å². The zero-order chi connectivity index (χ0) is 15.7. The molecule has 1 fully saturated rings. The van der Waals surface area contributed by atoms with Gasteiger partial charge in [-0.25, -0.2) is 4.79 Å². The van der Waals surface area contributed by atoms with E-state index in [-0.39, 0.29) is 21.1 Å². The van der Waals surface area contributed by atoms with Gasteiger partial charge < -0.3 is 10.0 Å². The van der Waals surface area contributed by atoms with Crippen molar-refractivity contribution in [2.24, 2.45) is 0 Å². The monoisotopic (exact) mass is 374 g/mol. The largest absolute Gasteiger partial charge is 0.480 e. The van der Waals surface area contributed by atoms with E-state index in [1.54, 1.807) is 6.92 Å². The van der Waals surface area contributed by atoms with Gasteiger partial charge in [0.15, 0.2) is 0 Å². The van der Waals surface area contributed by atoms with Crippen molar-refractivity contribution in [2.45, 2.75) is 18.3 Å². The number of carbonyl (C=O) groups is 2. The molecule has 1 aliphatic heterocycles. The van der Waals surface area contributed by atoms with E-state index in [4.69, 9.17) is 0 Å². The van der Waals surface area contributed by atoms with Crippen LogP contribution in [0.3, 0.4) is 0 Å². The number of carboxylic acids is 1. The number of benzene rings is 1. The summed E-state index contributed by atoms with van der Waals surface area (Å²) >= 11 is 4.42. The molecule has 2 rings (SSSR count). The van der Waals surface area contributed by atoms with Crippen molar-refractivity contribution in [3.05, 3.63) is 38.3 Å². The fraction of sp³-hybridized carbons (Fsp3) is 0.333. The zero-order valence-electron chi connectivity index (χ0n) is 10.9. The van der Waals surface area contributed by atoms with Crippen LogP contribution in [0, 0.1) is 10.1 Å². The summed E-state index contributed by atoms with van der Waals surface area (Å²) in [6, 6.07) is 3.19. The highest BCUT2D eigenvalue weighted by Gasteiger charge is 2.40. The van der Waals surface area contributed by atoms with Gasteiger partial charge in [0.2, 0.25) is 0 Å². The van der Waals surface area contributed by atoms with Gasteiger partial charge in [0.25, 0.3) is 11.6 Å². The molecular weight excluding hydrogens is 364 g/mol. The molecule has 1 saturated heterocycles. The molecule has 1 aromatic carbocycles. The molecule has 2 atom stereocenters. The maximum atomic E-state index is 12.6. The summed E-state index contributed by atoms with van der Waals surface area (Å²) in [5, 5.41) is 19.8. The normalized spacial score (nSPS) is 21.3. The van der Waals surface area contributed by atoms with Gasteiger partial charge in [-0.1, -0.05) is 6.07 Å². The first-order chi connectivity index (χ1) is 9.84. The lowest BCUT2D eigenvalue weighted by atomic mass is 10.1. The summed E-state index contributed by atoms with van der Waals surface area (Å²) in [5.41, 5.74) is -0.142. The second-order valence-corrected chi connectivity index (χ2v) is 6.54. The Morgan fingerprint density at radius 3 is 2.76 bits per heavy atom. The highest BCUT2D eigenvalue weighted by molar-refractivity contribution is 9.10. The minimum atomic E-state index is -1.08. The molecule has 0 radical (unpaired) electrons. The van der Waals surface area contributed by atoms with Crippen LogP contribution < -0.4 is 0 Å². The minimum Gasteiger partial charge on any atom is -0.480 e. The number of hydrogen-bond acceptors (Lipinski definition) is 5. The molecule has 112 valence electrons. The van der Waals surface area contributed by atoms with E-state index in [2.05, 4.69) is 15.9 Å². The standard InChI is InChI=1S/C12H11BrN2O5S/c1-6-14(9(5-21-6)12(17)18)11(16)7-3-2-4-8(10(7)13)15(19)20/h2-4,6,9H,5H2,1H3,(H,17,18). The maximum absolute atomic E-state index is 12.6. The summed E-state index contributed by atoms with van der Waals surface area (Å²) in [4.78, 5) is 35.3. The first-order valence-electron chi connectivity index (χ1n) is 5.94. The molecule has 1 amide bonds. The van der Waals surface area contributed by atoms with Gasteiger partial charge >= 0.3 is 5.97 Å². The average Bonchev–Trinajstić information content (AvgIpc) is 2.80. The number of rotatable bonds is 3. The van der Waals surface area contributed by atoms with Crippen LogP contribution in [-0.4, -0.2) is 44.0 Å². The first kappa shape index (κ1) is 15.8. The van der Waals surface area contributed by atoms with Crippen molar-refractivity contribution in [3.8, 4) is 0 Å². The number of nitro benzene ring substituents is 1. The third kappa shape index (κ3) is 2.88. The highest BCUT2D eigenvalue weighted by atomic mass is 79.9. The number of thioether (sulfide) groups is 1. The summed E-state index contributed by atoms with van der Waals surface area (Å²) in [6.45, 7) is 1.73. The molecule has 0 saturated carbocycles. The molecule has 7 nitrogen and oxygen atoms in total. The van der Waals surface area contributed by atoms with Crippen LogP contribution in [0.15, 0.2) is 22.7 Å². The van der Waals surface area contributed by atoms with Crippen LogP contribution in [0.25, 0.3) is 0 Å². The second-order valence-electron chi connectivity index (χ2n) is 4.39. The summed E-state index contributed by atoms with van der Waals surface area (Å²) < 4.78 is 0.0632. The van der Waals surface area contributed by atoms with Crippen LogP contribution in [-0.2, 0) is 4.79 Å². The van der Waals surface area contributed by atoms with E-state index in [0.29, 0.717) is 5.75 Å². The Bertz CT molecular complexity index is 624. The van der Waals surface area contributed by atoms with Gasteiger partial charge in [-0.3, -0.25) is 14.9 Å². The molecule has 0 bridgehead atoms. The lowest BCUT2D eigenvalue weighted by Crippen LogP contribution is -2.44. The third-order valence-corrected chi connectivity index (χ3v) is 5.20. The number of aliphatic carboxylic acids is 1. The fourth-order valence-electron chi connectivity index (χ4n) is 2.11. The topological polar surface area (TPSA) is 101 Å². The fourth-order valence-corrected chi connectivity index (χ4v) is 3.85. The van der Waals surface area contributed by atoms with E-state index in [1.165, 1.54) is 34.9 Å². The number of hydrogen-bond donors (Lipinski definition) is 1. The SMILES string of the molecule is CC1SCC(C(=O)O)N1C(=O)c1cccc([N+](=O)[O-])c1Br. The van der Waals surface area contributed by atoms with E-state index in [0.717, 1.165) is 0 Å². The van der Waals surface area contributed by atoms with Gasteiger partial charge in [-0.05, 0) is 28.9 Å². The summed E-state index contributed by atoms with van der Waals surface area (Å²) in [5.74, 6) is -1.31. The van der Waals surface area contributed by atoms with E-state index in [1.807, 2.05) is 0 Å². The molecular formula is C12H11BrN2O5S. The predicted molar refractivity (Wildman–Crippen MR) is 80.3 cm³/mol. The smallest absolute Gasteiger partial charge is 0.327 e. The highest BCUT2D eigenvalue weighted by Crippen LogP contribution is 2.34. The average molecular weight is 375 g/mol. The first-order valence-corrected chi connectivity index (χ1v) is 7.78. The molecule has 1 heterocycles. The Hall–Kier alpha value is -1.61. The quantitative estimate of drug-likeness (QED) is 0.643. The van der Waals surface area contributed by atoms with Gasteiger partial charge in [-0.2, -0.15) is 0 Å². The van der Waals surface area contributed by atoms with Gasteiger partial charge in [0, 0.05) is 11.8 Å². The summed E-state index contributed by atoms with van der Waals surface area (Å²) in [7, 11) is 0. The van der Waals surface area contributed by atoms with Crippen LogP contribution in [0.5, 0.6) is 0 Å². The van der Waals surface area contributed by atoms with E-state index in [9.17, 15) is 24.8 Å². The maximum Gasteiger partial charge on any atom is 0.327 e. The molecule has 0 aromatic heterocycles. The number of carbonyl (C=O) groups excluding carboxylic acids is 1. The van der Waals surface area contributed by atoms with E-state index < -0.39 is 22.8 Å². The van der Waals surface area contributed by atoms with Crippen molar-refractivity contribution in [1.82, 2.24) is 4.90 Å². The van der Waals surface area contributed by atoms with Gasteiger partial charge in [-0.15, -0.1) is 11.8 Å². The molecule has 1 aromatic rings. The Kier molecular flexibility index (Phi) is 4.52. The molecule has 0 spiro atoms. The van der Waals surface area contributed by atoms with E-state index >= 15 is 0 Å². The van der Waals surface area contributed by atoms with Crippen molar-refractivity contribution in [1.29, 1.82) is 0 Å². The second kappa shape index (κ2) is 6.02. The van der Waals surface area contributed by atoms with Crippen LogP contribution in [0.2, 0.25) is 0 Å². The number of nitro groups is 1. The van der Waals surface area contributed by atoms with Crippen molar-refractivity contribution < 1.29 is 19.6 Å². The van der Waals surface area contributed by atoms with Crippen LogP contribution in [0.4, 0.5) is 5.69 Å². The molecule has 1 aliphatic rings. The Morgan fingerprint density at radius 2 is 2.19 bits per heavy atom. The van der Waals surface area contributed by atoms with Crippen LogP contribution in [0.1, 0.15) is 17.3 Å². The number of halogens is 1. The molecule has 1 N–H and O–H groups in total. The molecule has 9 heteroatoms. The molecule has 2 unspecified atom stereocenters. The zero-order valence-corrected chi connectivity index (χ0v) is 13.3. The Morgan fingerprint density at radius 1 is 1.52 bits per heavy atom.